The van der Waals surface area contributed by atoms with E-state index < -0.39 is 4.92 Å². The van der Waals surface area contributed by atoms with Gasteiger partial charge in [-0.1, -0.05) is 18.2 Å². The molecule has 21 heavy (non-hydrogen) atoms. The van der Waals surface area contributed by atoms with Crippen LogP contribution in [0.1, 0.15) is 11.1 Å². The van der Waals surface area contributed by atoms with Crippen molar-refractivity contribution < 1.29 is 14.8 Å². The smallest absolute Gasteiger partial charge is 0.310 e. The van der Waals surface area contributed by atoms with Crippen LogP contribution >= 0.6 is 0 Å². The van der Waals surface area contributed by atoms with Crippen LogP contribution in [-0.4, -0.2) is 17.1 Å². The zero-order valence-corrected chi connectivity index (χ0v) is 11.6. The van der Waals surface area contributed by atoms with Crippen LogP contribution in [0.5, 0.6) is 5.75 Å². The third-order valence-electron chi connectivity index (χ3n) is 3.05. The van der Waals surface area contributed by atoms with Crippen molar-refractivity contribution in [2.24, 2.45) is 0 Å². The monoisotopic (exact) mass is 288 g/mol. The summed E-state index contributed by atoms with van der Waals surface area (Å²) in [5.41, 5.74) is 2.51. The zero-order chi connectivity index (χ0) is 15.2. The maximum Gasteiger partial charge on any atom is 0.310 e. The van der Waals surface area contributed by atoms with Crippen molar-refractivity contribution in [1.29, 1.82) is 0 Å². The molecular formula is C15H16N2O4. The number of nitro benzene ring substituents is 1. The molecule has 110 valence electrons. The van der Waals surface area contributed by atoms with E-state index in [1.807, 2.05) is 24.3 Å². The van der Waals surface area contributed by atoms with Crippen LogP contribution < -0.4 is 10.1 Å². The van der Waals surface area contributed by atoms with Crippen molar-refractivity contribution in [1.82, 2.24) is 0 Å². The molecule has 6 heteroatoms. The average molecular weight is 288 g/mol. The number of ether oxygens (including phenoxy) is 1. The van der Waals surface area contributed by atoms with Gasteiger partial charge in [0, 0.05) is 18.3 Å². The second kappa shape index (κ2) is 6.71. The van der Waals surface area contributed by atoms with Crippen molar-refractivity contribution >= 4 is 11.4 Å². The average Bonchev–Trinajstić information content (AvgIpc) is 2.52. The van der Waals surface area contributed by atoms with E-state index in [0.29, 0.717) is 6.54 Å². The van der Waals surface area contributed by atoms with Crippen LogP contribution in [0.25, 0.3) is 0 Å². The van der Waals surface area contributed by atoms with E-state index >= 15 is 0 Å². The van der Waals surface area contributed by atoms with Crippen molar-refractivity contribution in [3.05, 3.63) is 63.7 Å². The summed E-state index contributed by atoms with van der Waals surface area (Å²) in [6.45, 7) is 0.490. The van der Waals surface area contributed by atoms with E-state index in [1.165, 1.54) is 13.2 Å². The molecule has 0 aromatic heterocycles. The van der Waals surface area contributed by atoms with Crippen LogP contribution in [0, 0.1) is 10.1 Å². The zero-order valence-electron chi connectivity index (χ0n) is 11.6. The minimum atomic E-state index is -0.471. The molecule has 0 fully saturated rings. The lowest BCUT2D eigenvalue weighted by Gasteiger charge is -2.09. The fourth-order valence-electron chi connectivity index (χ4n) is 1.97. The largest absolute Gasteiger partial charge is 0.490 e. The molecule has 2 N–H and O–H groups in total. The first-order valence-corrected chi connectivity index (χ1v) is 6.39. The first-order valence-electron chi connectivity index (χ1n) is 6.39. The number of rotatable bonds is 6. The van der Waals surface area contributed by atoms with Gasteiger partial charge in [-0.3, -0.25) is 10.1 Å². The van der Waals surface area contributed by atoms with Gasteiger partial charge >= 0.3 is 5.69 Å². The van der Waals surface area contributed by atoms with Gasteiger partial charge in [0.05, 0.1) is 18.6 Å². The van der Waals surface area contributed by atoms with Crippen molar-refractivity contribution in [2.75, 3.05) is 12.4 Å². The Kier molecular flexibility index (Phi) is 4.73. The molecule has 0 saturated heterocycles. The number of hydrogen-bond acceptors (Lipinski definition) is 5. The molecule has 2 rings (SSSR count). The maximum absolute atomic E-state index is 10.8. The van der Waals surface area contributed by atoms with Gasteiger partial charge in [0.2, 0.25) is 0 Å². The number of aliphatic hydroxyl groups is 1. The Morgan fingerprint density at radius 1 is 1.24 bits per heavy atom. The Bertz CT molecular complexity index is 643. The Hall–Kier alpha value is -2.60. The number of anilines is 1. The third kappa shape index (κ3) is 3.70. The molecule has 0 saturated carbocycles. The lowest BCUT2D eigenvalue weighted by molar-refractivity contribution is -0.385. The summed E-state index contributed by atoms with van der Waals surface area (Å²) in [7, 11) is 1.41. The highest BCUT2D eigenvalue weighted by molar-refractivity contribution is 5.50. The van der Waals surface area contributed by atoms with Gasteiger partial charge in [0.15, 0.2) is 5.75 Å². The van der Waals surface area contributed by atoms with E-state index in [1.54, 1.807) is 12.1 Å². The fraction of sp³-hybridized carbons (Fsp3) is 0.200. The van der Waals surface area contributed by atoms with E-state index in [4.69, 9.17) is 9.84 Å². The van der Waals surface area contributed by atoms with E-state index in [0.717, 1.165) is 16.8 Å². The number of methoxy groups -OCH3 is 1. The highest BCUT2D eigenvalue weighted by Gasteiger charge is 2.14. The molecule has 0 heterocycles. The standard InChI is InChI=1S/C15H16N2O4/c1-21-15-8-11(5-6-14(15)17(19)20)9-16-13-4-2-3-12(7-13)10-18/h2-8,16,18H,9-10H2,1H3. The second-order valence-electron chi connectivity index (χ2n) is 4.48. The summed E-state index contributed by atoms with van der Waals surface area (Å²) >= 11 is 0. The van der Waals surface area contributed by atoms with E-state index in [9.17, 15) is 10.1 Å². The van der Waals surface area contributed by atoms with Gasteiger partial charge in [0.25, 0.3) is 0 Å². The summed E-state index contributed by atoms with van der Waals surface area (Å²) in [5, 5.41) is 23.1. The number of hydrogen-bond donors (Lipinski definition) is 2. The van der Waals surface area contributed by atoms with E-state index in [-0.39, 0.29) is 18.0 Å². The lowest BCUT2D eigenvalue weighted by Crippen LogP contribution is -2.01. The van der Waals surface area contributed by atoms with Crippen molar-refractivity contribution in [3.8, 4) is 5.75 Å². The van der Waals surface area contributed by atoms with Crippen LogP contribution in [0.4, 0.5) is 11.4 Å². The number of nitrogens with one attached hydrogen (secondary N) is 1. The summed E-state index contributed by atoms with van der Waals surface area (Å²) in [6.07, 6.45) is 0. The first kappa shape index (κ1) is 14.8. The molecule has 0 aliphatic carbocycles. The Balaban J connectivity index is 2.11. The van der Waals surface area contributed by atoms with Gasteiger partial charge in [0.1, 0.15) is 0 Å². The van der Waals surface area contributed by atoms with Gasteiger partial charge in [-0.25, -0.2) is 0 Å². The van der Waals surface area contributed by atoms with Crippen LogP contribution in [0.15, 0.2) is 42.5 Å². The fourth-order valence-corrected chi connectivity index (χ4v) is 1.97. The van der Waals surface area contributed by atoms with Crippen LogP contribution in [0.3, 0.4) is 0 Å². The number of nitro groups is 1. The third-order valence-corrected chi connectivity index (χ3v) is 3.05. The molecule has 0 aliphatic rings. The summed E-state index contributed by atoms with van der Waals surface area (Å²) in [6, 6.07) is 12.2. The predicted octanol–water partition coefficient (Wildman–Crippen LogP) is 2.71. The lowest BCUT2D eigenvalue weighted by atomic mass is 10.1. The number of aliphatic hydroxyl groups excluding tert-OH is 1. The second-order valence-corrected chi connectivity index (χ2v) is 4.48. The molecule has 6 nitrogen and oxygen atoms in total. The van der Waals surface area contributed by atoms with Crippen LogP contribution in [-0.2, 0) is 13.2 Å². The highest BCUT2D eigenvalue weighted by atomic mass is 16.6. The van der Waals surface area contributed by atoms with Crippen LogP contribution in [0.2, 0.25) is 0 Å². The predicted molar refractivity (Wildman–Crippen MR) is 79.3 cm³/mol. The molecule has 0 aliphatic heterocycles. The first-order chi connectivity index (χ1) is 10.1. The van der Waals surface area contributed by atoms with Crippen molar-refractivity contribution in [2.45, 2.75) is 13.2 Å². The van der Waals surface area contributed by atoms with Gasteiger partial charge in [-0.15, -0.1) is 0 Å². The molecule has 0 unspecified atom stereocenters. The molecule has 2 aromatic rings. The summed E-state index contributed by atoms with van der Waals surface area (Å²) in [5.74, 6) is 0.239. The molecule has 2 aromatic carbocycles. The Labute approximate surface area is 122 Å². The Morgan fingerprint density at radius 2 is 2.05 bits per heavy atom. The minimum absolute atomic E-state index is 0.0130. The topological polar surface area (TPSA) is 84.6 Å². The Morgan fingerprint density at radius 3 is 2.71 bits per heavy atom. The quantitative estimate of drug-likeness (QED) is 0.630. The summed E-state index contributed by atoms with van der Waals surface area (Å²) < 4.78 is 5.03. The van der Waals surface area contributed by atoms with Gasteiger partial charge < -0.3 is 15.2 Å². The summed E-state index contributed by atoms with van der Waals surface area (Å²) in [4.78, 5) is 10.4. The molecule has 0 spiro atoms. The van der Waals surface area contributed by atoms with Crippen molar-refractivity contribution in [3.63, 3.8) is 0 Å². The molecule has 0 amide bonds. The van der Waals surface area contributed by atoms with Gasteiger partial charge in [-0.2, -0.15) is 0 Å². The molecular weight excluding hydrogens is 272 g/mol. The maximum atomic E-state index is 10.8. The number of benzene rings is 2. The molecule has 0 bridgehead atoms. The minimum Gasteiger partial charge on any atom is -0.490 e. The molecule has 0 radical (unpaired) electrons. The highest BCUT2D eigenvalue weighted by Crippen LogP contribution is 2.27. The number of nitrogens with zero attached hydrogens (tertiary/aromatic N) is 1. The normalized spacial score (nSPS) is 10.2. The van der Waals surface area contributed by atoms with E-state index in [2.05, 4.69) is 5.32 Å². The van der Waals surface area contributed by atoms with Gasteiger partial charge in [-0.05, 0) is 29.3 Å². The SMILES string of the molecule is COc1cc(CNc2cccc(CO)c2)ccc1[N+](=O)[O-]. The molecule has 0 atom stereocenters.